The third-order valence-corrected chi connectivity index (χ3v) is 9.03. The Morgan fingerprint density at radius 2 is 2.05 bits per heavy atom. The van der Waals surface area contributed by atoms with Crippen LogP contribution in [0.5, 0.6) is 5.75 Å². The van der Waals surface area contributed by atoms with E-state index in [0.29, 0.717) is 56.5 Å². The van der Waals surface area contributed by atoms with Crippen molar-refractivity contribution in [1.29, 1.82) is 0 Å². The minimum absolute atomic E-state index is 0.0563. The van der Waals surface area contributed by atoms with Crippen molar-refractivity contribution in [3.63, 3.8) is 0 Å². The van der Waals surface area contributed by atoms with Gasteiger partial charge in [-0.25, -0.2) is 18.4 Å². The van der Waals surface area contributed by atoms with Crippen molar-refractivity contribution in [3.05, 3.63) is 47.0 Å². The molecule has 1 saturated heterocycles. The van der Waals surface area contributed by atoms with Gasteiger partial charge in [0.15, 0.2) is 5.82 Å². The van der Waals surface area contributed by atoms with Crippen LogP contribution in [0.4, 0.5) is 0 Å². The number of likely N-dealkylation sites (N-methyl/N-ethyl adjacent to an activating group) is 1. The van der Waals surface area contributed by atoms with Crippen molar-refractivity contribution in [2.45, 2.75) is 52.7 Å². The summed E-state index contributed by atoms with van der Waals surface area (Å²) in [6.07, 6.45) is 0.458. The maximum absolute atomic E-state index is 12.7. The molecule has 0 saturated carbocycles. The van der Waals surface area contributed by atoms with Crippen molar-refractivity contribution < 1.29 is 27.5 Å². The fourth-order valence-electron chi connectivity index (χ4n) is 4.91. The summed E-state index contributed by atoms with van der Waals surface area (Å²) in [5, 5.41) is 17.1. The molecular weight excluding hydrogens is 534 g/mol. The van der Waals surface area contributed by atoms with E-state index in [9.17, 15) is 13.5 Å². The second-order valence-corrected chi connectivity index (χ2v) is 12.2. The molecule has 3 aromatic rings. The Balaban J connectivity index is 1.69. The fraction of sp³-hybridized carbons (Fsp3) is 0.536. The first-order valence-corrected chi connectivity index (χ1v) is 15.2. The average Bonchev–Trinajstić information content (AvgIpc) is 3.29. The molecule has 1 aliphatic heterocycles. The van der Waals surface area contributed by atoms with Crippen LogP contribution in [0.1, 0.15) is 36.1 Å². The van der Waals surface area contributed by atoms with Crippen molar-refractivity contribution in [2.24, 2.45) is 0 Å². The fourth-order valence-corrected chi connectivity index (χ4v) is 6.22. The molecule has 0 radical (unpaired) electrons. The zero-order valence-electron chi connectivity index (χ0n) is 23.8. The molecule has 12 heteroatoms. The van der Waals surface area contributed by atoms with E-state index >= 15 is 0 Å². The number of hydrogen-bond acceptors (Lipinski definition) is 10. The monoisotopic (exact) mass is 573 g/mol. The van der Waals surface area contributed by atoms with Crippen LogP contribution in [-0.4, -0.2) is 90.8 Å². The second-order valence-electron chi connectivity index (χ2n) is 10.00. The highest BCUT2D eigenvalue weighted by molar-refractivity contribution is 7.89. The number of aromatic nitrogens is 3. The van der Waals surface area contributed by atoms with E-state index < -0.39 is 16.1 Å². The Hall–Kier alpha value is -2.90. The topological polar surface area (TPSA) is 140 Å². The first kappa shape index (κ1) is 30.1. The van der Waals surface area contributed by atoms with Crippen LogP contribution in [0.25, 0.3) is 22.6 Å². The van der Waals surface area contributed by atoms with Crippen LogP contribution < -0.4 is 10.1 Å². The molecule has 218 valence electrons. The Labute approximate surface area is 236 Å². The summed E-state index contributed by atoms with van der Waals surface area (Å²) < 4.78 is 43.9. The van der Waals surface area contributed by atoms with Gasteiger partial charge in [-0.15, -0.1) is 0 Å². The van der Waals surface area contributed by atoms with Crippen LogP contribution in [0.3, 0.4) is 0 Å². The summed E-state index contributed by atoms with van der Waals surface area (Å²) in [6, 6.07) is 7.18. The molecule has 4 rings (SSSR count). The molecule has 0 bridgehead atoms. The Kier molecular flexibility index (Phi) is 9.90. The van der Waals surface area contributed by atoms with Crippen LogP contribution in [0.2, 0.25) is 0 Å². The van der Waals surface area contributed by atoms with E-state index in [1.165, 1.54) is 0 Å². The Morgan fingerprint density at radius 3 is 2.75 bits per heavy atom. The molecule has 1 fully saturated rings. The summed E-state index contributed by atoms with van der Waals surface area (Å²) in [6.45, 7) is 9.05. The SMILES string of the molecule is CCS(=O)(=O)N1CCOC[C@@H]1CCc1nc(-c2cccc(OCC(O)CNC)c2)nc(-c2c(C)noc2C)c1C. The zero-order chi connectivity index (χ0) is 28.9. The molecule has 1 aliphatic rings. The Morgan fingerprint density at radius 1 is 1.25 bits per heavy atom. The van der Waals surface area contributed by atoms with E-state index in [-0.39, 0.29) is 18.4 Å². The summed E-state index contributed by atoms with van der Waals surface area (Å²) in [5.41, 5.74) is 4.74. The number of aryl methyl sites for hydroxylation is 3. The summed E-state index contributed by atoms with van der Waals surface area (Å²) >= 11 is 0. The van der Waals surface area contributed by atoms with Gasteiger partial charge in [-0.3, -0.25) is 0 Å². The lowest BCUT2D eigenvalue weighted by Gasteiger charge is -2.34. The van der Waals surface area contributed by atoms with Crippen molar-refractivity contribution in [2.75, 3.05) is 45.7 Å². The van der Waals surface area contributed by atoms with Gasteiger partial charge < -0.3 is 24.4 Å². The lowest BCUT2D eigenvalue weighted by Crippen LogP contribution is -2.49. The van der Waals surface area contributed by atoms with Gasteiger partial charge in [0.2, 0.25) is 10.0 Å². The van der Waals surface area contributed by atoms with Crippen LogP contribution >= 0.6 is 0 Å². The molecule has 11 nitrogen and oxygen atoms in total. The molecule has 2 N–H and O–H groups in total. The molecule has 2 aromatic heterocycles. The van der Waals surface area contributed by atoms with Gasteiger partial charge >= 0.3 is 0 Å². The second kappa shape index (κ2) is 13.2. The van der Waals surface area contributed by atoms with Gasteiger partial charge in [0, 0.05) is 30.4 Å². The van der Waals surface area contributed by atoms with Gasteiger partial charge in [-0.1, -0.05) is 17.3 Å². The minimum Gasteiger partial charge on any atom is -0.491 e. The van der Waals surface area contributed by atoms with Gasteiger partial charge in [0.1, 0.15) is 24.2 Å². The molecule has 40 heavy (non-hydrogen) atoms. The highest BCUT2D eigenvalue weighted by atomic mass is 32.2. The van der Waals surface area contributed by atoms with E-state index in [1.54, 1.807) is 18.3 Å². The molecule has 3 heterocycles. The largest absolute Gasteiger partial charge is 0.491 e. The lowest BCUT2D eigenvalue weighted by atomic mass is 9.99. The first-order valence-electron chi connectivity index (χ1n) is 13.6. The number of rotatable bonds is 12. The molecule has 0 aliphatic carbocycles. The third kappa shape index (κ3) is 6.87. The van der Waals surface area contributed by atoms with E-state index in [1.807, 2.05) is 45.0 Å². The molecule has 0 amide bonds. The van der Waals surface area contributed by atoms with Gasteiger partial charge in [0.25, 0.3) is 0 Å². The van der Waals surface area contributed by atoms with Crippen LogP contribution in [-0.2, 0) is 21.2 Å². The standard InChI is InChI=1S/C28H39N5O6S/c1-6-40(35,36)33-12-13-37-16-22(33)10-11-25-18(2)27(26-19(3)32-39-20(26)4)31-28(30-25)21-8-7-9-24(14-21)38-17-23(34)15-29-5/h7-9,14,22-23,29,34H,6,10-13,15-17H2,1-5H3/t22-,23?/m0/s1. The predicted octanol–water partition coefficient (Wildman–Crippen LogP) is 2.67. The highest BCUT2D eigenvalue weighted by Gasteiger charge is 2.32. The van der Waals surface area contributed by atoms with Gasteiger partial charge in [0.05, 0.1) is 35.9 Å². The maximum atomic E-state index is 12.7. The molecule has 0 spiro atoms. The molecule has 1 aromatic carbocycles. The lowest BCUT2D eigenvalue weighted by molar-refractivity contribution is 0.0298. The van der Waals surface area contributed by atoms with E-state index in [0.717, 1.165) is 33.8 Å². The highest BCUT2D eigenvalue weighted by Crippen LogP contribution is 2.33. The number of aliphatic hydroxyl groups excluding tert-OH is 1. The smallest absolute Gasteiger partial charge is 0.214 e. The number of benzene rings is 1. The van der Waals surface area contributed by atoms with Gasteiger partial charge in [-0.2, -0.15) is 4.31 Å². The number of aliphatic hydroxyl groups is 1. The molecule has 2 atom stereocenters. The van der Waals surface area contributed by atoms with Crippen molar-refractivity contribution in [1.82, 2.24) is 24.7 Å². The average molecular weight is 574 g/mol. The summed E-state index contributed by atoms with van der Waals surface area (Å²) in [7, 11) is -1.57. The molecule has 1 unspecified atom stereocenters. The first-order chi connectivity index (χ1) is 19.1. The zero-order valence-corrected chi connectivity index (χ0v) is 24.6. The molecular formula is C28H39N5O6S. The van der Waals surface area contributed by atoms with E-state index in [4.69, 9.17) is 24.0 Å². The number of nitrogens with one attached hydrogen (secondary N) is 1. The minimum atomic E-state index is -3.35. The van der Waals surface area contributed by atoms with Crippen LogP contribution in [0, 0.1) is 20.8 Å². The number of ether oxygens (including phenoxy) is 2. The Bertz CT molecular complexity index is 1390. The summed E-state index contributed by atoms with van der Waals surface area (Å²) in [5.74, 6) is 1.82. The predicted molar refractivity (Wildman–Crippen MR) is 152 cm³/mol. The summed E-state index contributed by atoms with van der Waals surface area (Å²) in [4.78, 5) is 9.88. The maximum Gasteiger partial charge on any atom is 0.214 e. The van der Waals surface area contributed by atoms with Crippen molar-refractivity contribution in [3.8, 4) is 28.4 Å². The van der Waals surface area contributed by atoms with Crippen molar-refractivity contribution >= 4 is 10.0 Å². The number of hydrogen-bond donors (Lipinski definition) is 2. The van der Waals surface area contributed by atoms with Crippen LogP contribution in [0.15, 0.2) is 28.8 Å². The van der Waals surface area contributed by atoms with E-state index in [2.05, 4.69) is 10.5 Å². The third-order valence-electron chi connectivity index (χ3n) is 7.10. The number of morpholine rings is 1. The number of sulfonamides is 1. The normalized spacial score (nSPS) is 17.2. The quantitative estimate of drug-likeness (QED) is 0.332. The van der Waals surface area contributed by atoms with Gasteiger partial charge in [-0.05, 0) is 65.3 Å². The number of nitrogens with zero attached hydrogens (tertiary/aromatic N) is 4.